The first kappa shape index (κ1) is 12.7. The Balaban J connectivity index is 2.02. The van der Waals surface area contributed by atoms with Gasteiger partial charge in [0.2, 0.25) is 0 Å². The second-order valence-electron chi connectivity index (χ2n) is 4.67. The third kappa shape index (κ3) is 2.92. The topological polar surface area (TPSA) is 75.8 Å². The maximum atomic E-state index is 10.8. The van der Waals surface area contributed by atoms with E-state index in [1.165, 1.54) is 6.07 Å². The molecule has 1 fully saturated rings. The zero-order valence-electron chi connectivity index (χ0n) is 10.4. The van der Waals surface area contributed by atoms with Crippen molar-refractivity contribution < 1.29 is 14.6 Å². The third-order valence-corrected chi connectivity index (χ3v) is 3.22. The number of hydrogen-bond donors (Lipinski definition) is 2. The molecule has 1 heterocycles. The van der Waals surface area contributed by atoms with E-state index in [-0.39, 0.29) is 17.4 Å². The van der Waals surface area contributed by atoms with Gasteiger partial charge in [0.1, 0.15) is 11.9 Å². The van der Waals surface area contributed by atoms with E-state index < -0.39 is 5.97 Å². The van der Waals surface area contributed by atoms with Crippen LogP contribution in [0.15, 0.2) is 18.2 Å². The molecule has 0 amide bonds. The van der Waals surface area contributed by atoms with Gasteiger partial charge in [0.25, 0.3) is 0 Å². The van der Waals surface area contributed by atoms with Crippen LogP contribution in [0.3, 0.4) is 0 Å². The van der Waals surface area contributed by atoms with Gasteiger partial charge in [-0.2, -0.15) is 0 Å². The number of carboxylic acid groups (broad SMARTS) is 1. The van der Waals surface area contributed by atoms with Crippen LogP contribution in [0.4, 0.5) is 5.69 Å². The van der Waals surface area contributed by atoms with E-state index in [2.05, 4.69) is 11.9 Å². The fourth-order valence-electron chi connectivity index (χ4n) is 2.10. The number of anilines is 1. The Kier molecular flexibility index (Phi) is 3.72. The molecule has 0 spiro atoms. The van der Waals surface area contributed by atoms with Gasteiger partial charge in [0.15, 0.2) is 0 Å². The number of ether oxygens (including phenoxy) is 1. The summed E-state index contributed by atoms with van der Waals surface area (Å²) < 4.78 is 5.82. The lowest BCUT2D eigenvalue weighted by molar-refractivity contribution is 0.0698. The molecule has 2 rings (SSSR count). The van der Waals surface area contributed by atoms with E-state index in [9.17, 15) is 4.79 Å². The molecule has 3 N–H and O–H groups in total. The number of nitrogens with zero attached hydrogens (tertiary/aromatic N) is 1. The molecule has 0 radical (unpaired) electrons. The van der Waals surface area contributed by atoms with Crippen LogP contribution < -0.4 is 10.5 Å². The SMILES string of the molecule is CN1CCC(Oc2ccc(C(=O)O)c(N)c2)CC1. The van der Waals surface area contributed by atoms with Gasteiger partial charge in [0.05, 0.1) is 5.56 Å². The minimum atomic E-state index is -1.02. The van der Waals surface area contributed by atoms with Gasteiger partial charge in [-0.3, -0.25) is 0 Å². The smallest absolute Gasteiger partial charge is 0.337 e. The molecule has 0 aliphatic carbocycles. The first-order valence-corrected chi connectivity index (χ1v) is 6.04. The zero-order chi connectivity index (χ0) is 13.1. The Morgan fingerprint density at radius 1 is 1.44 bits per heavy atom. The molecule has 1 saturated heterocycles. The van der Waals surface area contributed by atoms with Crippen LogP contribution in [-0.2, 0) is 0 Å². The molecule has 1 aromatic rings. The van der Waals surface area contributed by atoms with Crippen molar-refractivity contribution in [2.45, 2.75) is 18.9 Å². The van der Waals surface area contributed by atoms with Crippen LogP contribution in [0.5, 0.6) is 5.75 Å². The molecule has 5 heteroatoms. The van der Waals surface area contributed by atoms with Crippen LogP contribution in [0.25, 0.3) is 0 Å². The average Bonchev–Trinajstić information content (AvgIpc) is 2.32. The number of hydrogen-bond acceptors (Lipinski definition) is 4. The molecule has 0 aromatic heterocycles. The predicted octanol–water partition coefficient (Wildman–Crippen LogP) is 1.44. The van der Waals surface area contributed by atoms with Crippen molar-refractivity contribution in [1.29, 1.82) is 0 Å². The quantitative estimate of drug-likeness (QED) is 0.794. The van der Waals surface area contributed by atoms with Crippen molar-refractivity contribution in [2.24, 2.45) is 0 Å². The number of rotatable bonds is 3. The number of piperidine rings is 1. The molecule has 1 aliphatic rings. The average molecular weight is 250 g/mol. The molecular weight excluding hydrogens is 232 g/mol. The molecule has 1 aliphatic heterocycles. The Bertz CT molecular complexity index is 440. The van der Waals surface area contributed by atoms with Crippen molar-refractivity contribution in [3.05, 3.63) is 23.8 Å². The summed E-state index contributed by atoms with van der Waals surface area (Å²) in [5, 5.41) is 8.88. The van der Waals surface area contributed by atoms with Crippen LogP contribution >= 0.6 is 0 Å². The van der Waals surface area contributed by atoms with Crippen molar-refractivity contribution >= 4 is 11.7 Å². The standard InChI is InChI=1S/C13H18N2O3/c1-15-6-4-9(5-7-15)18-10-2-3-11(13(16)17)12(14)8-10/h2-3,8-9H,4-7,14H2,1H3,(H,16,17). The lowest BCUT2D eigenvalue weighted by Gasteiger charge is -2.29. The fourth-order valence-corrected chi connectivity index (χ4v) is 2.10. The molecular formula is C13H18N2O3. The monoisotopic (exact) mass is 250 g/mol. The summed E-state index contributed by atoms with van der Waals surface area (Å²) in [6.45, 7) is 2.04. The largest absolute Gasteiger partial charge is 0.490 e. The van der Waals surface area contributed by atoms with E-state index in [1.807, 2.05) is 0 Å². The van der Waals surface area contributed by atoms with Gasteiger partial charge in [0, 0.05) is 24.8 Å². The number of nitrogen functional groups attached to an aromatic ring is 1. The number of carbonyl (C=O) groups is 1. The van der Waals surface area contributed by atoms with Crippen molar-refractivity contribution in [3.8, 4) is 5.75 Å². The maximum absolute atomic E-state index is 10.8. The van der Waals surface area contributed by atoms with Crippen molar-refractivity contribution in [2.75, 3.05) is 25.9 Å². The van der Waals surface area contributed by atoms with Crippen LogP contribution in [0.2, 0.25) is 0 Å². The number of benzene rings is 1. The predicted molar refractivity (Wildman–Crippen MR) is 69.0 cm³/mol. The van der Waals surface area contributed by atoms with Crippen LogP contribution in [-0.4, -0.2) is 42.2 Å². The first-order valence-electron chi connectivity index (χ1n) is 6.04. The van der Waals surface area contributed by atoms with Gasteiger partial charge in [-0.25, -0.2) is 4.79 Å². The molecule has 0 unspecified atom stereocenters. The second-order valence-corrected chi connectivity index (χ2v) is 4.67. The first-order chi connectivity index (χ1) is 8.56. The lowest BCUT2D eigenvalue weighted by Crippen LogP contribution is -2.35. The molecule has 0 bridgehead atoms. The Morgan fingerprint density at radius 3 is 2.67 bits per heavy atom. The normalized spacial score (nSPS) is 17.6. The lowest BCUT2D eigenvalue weighted by atomic mass is 10.1. The summed E-state index contributed by atoms with van der Waals surface area (Å²) in [5.41, 5.74) is 6.04. The maximum Gasteiger partial charge on any atom is 0.337 e. The molecule has 0 saturated carbocycles. The fraction of sp³-hybridized carbons (Fsp3) is 0.462. The number of likely N-dealkylation sites (tertiary alicyclic amines) is 1. The van der Waals surface area contributed by atoms with Crippen LogP contribution in [0.1, 0.15) is 23.2 Å². The zero-order valence-corrected chi connectivity index (χ0v) is 10.4. The highest BCUT2D eigenvalue weighted by Gasteiger charge is 2.18. The minimum absolute atomic E-state index is 0.116. The summed E-state index contributed by atoms with van der Waals surface area (Å²) in [7, 11) is 2.09. The van der Waals surface area contributed by atoms with Gasteiger partial charge in [-0.05, 0) is 32.0 Å². The van der Waals surface area contributed by atoms with Gasteiger partial charge < -0.3 is 20.5 Å². The molecule has 0 atom stereocenters. The summed E-state index contributed by atoms with van der Waals surface area (Å²) in [6.07, 6.45) is 2.16. The highest BCUT2D eigenvalue weighted by Crippen LogP contribution is 2.23. The summed E-state index contributed by atoms with van der Waals surface area (Å²) in [6, 6.07) is 4.74. The van der Waals surface area contributed by atoms with Gasteiger partial charge >= 0.3 is 5.97 Å². The molecule has 5 nitrogen and oxygen atoms in total. The summed E-state index contributed by atoms with van der Waals surface area (Å²) >= 11 is 0. The Labute approximate surface area is 106 Å². The number of carboxylic acids is 1. The summed E-state index contributed by atoms with van der Waals surface area (Å²) in [5.74, 6) is -0.370. The summed E-state index contributed by atoms with van der Waals surface area (Å²) in [4.78, 5) is 13.1. The highest BCUT2D eigenvalue weighted by molar-refractivity contribution is 5.93. The van der Waals surface area contributed by atoms with Crippen LogP contribution in [0, 0.1) is 0 Å². The van der Waals surface area contributed by atoms with E-state index in [0.29, 0.717) is 5.75 Å². The van der Waals surface area contributed by atoms with Crippen molar-refractivity contribution in [3.63, 3.8) is 0 Å². The van der Waals surface area contributed by atoms with E-state index in [0.717, 1.165) is 25.9 Å². The second kappa shape index (κ2) is 5.27. The molecule has 18 heavy (non-hydrogen) atoms. The van der Waals surface area contributed by atoms with E-state index in [4.69, 9.17) is 15.6 Å². The number of aromatic carboxylic acids is 1. The number of nitrogens with two attached hydrogens (primary N) is 1. The minimum Gasteiger partial charge on any atom is -0.490 e. The molecule has 1 aromatic carbocycles. The van der Waals surface area contributed by atoms with E-state index in [1.54, 1.807) is 12.1 Å². The van der Waals surface area contributed by atoms with Gasteiger partial charge in [-0.15, -0.1) is 0 Å². The van der Waals surface area contributed by atoms with E-state index >= 15 is 0 Å². The van der Waals surface area contributed by atoms with Gasteiger partial charge in [-0.1, -0.05) is 0 Å². The third-order valence-electron chi connectivity index (χ3n) is 3.22. The molecule has 98 valence electrons. The van der Waals surface area contributed by atoms with Crippen molar-refractivity contribution in [1.82, 2.24) is 4.90 Å². The Morgan fingerprint density at radius 2 is 2.11 bits per heavy atom. The highest BCUT2D eigenvalue weighted by atomic mass is 16.5. The Hall–Kier alpha value is -1.75.